The number of hydrogen-bond acceptors (Lipinski definition) is 4. The Morgan fingerprint density at radius 3 is 2.58 bits per heavy atom. The SMILES string of the molecule is C=CCOC(=O)C(C)(N)N(C)C. The van der Waals surface area contributed by atoms with Gasteiger partial charge in [0.1, 0.15) is 6.61 Å². The van der Waals surface area contributed by atoms with Crippen LogP contribution in [0.3, 0.4) is 0 Å². The summed E-state index contributed by atoms with van der Waals surface area (Å²) in [6, 6.07) is 0. The van der Waals surface area contributed by atoms with Crippen molar-refractivity contribution in [2.24, 2.45) is 5.73 Å². The van der Waals surface area contributed by atoms with E-state index in [4.69, 9.17) is 10.5 Å². The van der Waals surface area contributed by atoms with E-state index < -0.39 is 11.6 Å². The van der Waals surface area contributed by atoms with Gasteiger partial charge in [-0.25, -0.2) is 4.79 Å². The van der Waals surface area contributed by atoms with Gasteiger partial charge in [0.05, 0.1) is 0 Å². The summed E-state index contributed by atoms with van der Waals surface area (Å²) >= 11 is 0. The molecule has 0 aliphatic heterocycles. The first kappa shape index (κ1) is 11.1. The third-order valence-electron chi connectivity index (χ3n) is 1.67. The minimum absolute atomic E-state index is 0.194. The molecule has 0 aliphatic carbocycles. The number of hydrogen-bond donors (Lipinski definition) is 1. The molecule has 12 heavy (non-hydrogen) atoms. The van der Waals surface area contributed by atoms with Crippen LogP contribution in [0.1, 0.15) is 6.92 Å². The van der Waals surface area contributed by atoms with Crippen molar-refractivity contribution in [3.8, 4) is 0 Å². The summed E-state index contributed by atoms with van der Waals surface area (Å²) in [5.74, 6) is -0.451. The Balaban J connectivity index is 4.15. The molecule has 70 valence electrons. The summed E-state index contributed by atoms with van der Waals surface area (Å²) in [5.41, 5.74) is 4.59. The first-order valence-electron chi connectivity index (χ1n) is 3.67. The van der Waals surface area contributed by atoms with Crippen LogP contribution in [0.4, 0.5) is 0 Å². The van der Waals surface area contributed by atoms with Gasteiger partial charge in [-0.15, -0.1) is 0 Å². The Kier molecular flexibility index (Phi) is 3.92. The van der Waals surface area contributed by atoms with Crippen LogP contribution in [-0.4, -0.2) is 37.2 Å². The molecule has 0 fully saturated rings. The first-order valence-corrected chi connectivity index (χ1v) is 3.67. The van der Waals surface area contributed by atoms with E-state index in [0.29, 0.717) is 0 Å². The molecule has 0 aromatic carbocycles. The zero-order valence-corrected chi connectivity index (χ0v) is 7.83. The molecule has 0 aromatic rings. The van der Waals surface area contributed by atoms with Crippen LogP contribution in [-0.2, 0) is 9.53 Å². The highest BCUT2D eigenvalue weighted by atomic mass is 16.5. The van der Waals surface area contributed by atoms with Crippen molar-refractivity contribution < 1.29 is 9.53 Å². The molecule has 0 heterocycles. The highest BCUT2D eigenvalue weighted by Gasteiger charge is 2.32. The summed E-state index contributed by atoms with van der Waals surface area (Å²) in [5, 5.41) is 0. The maximum atomic E-state index is 11.2. The van der Waals surface area contributed by atoms with Gasteiger partial charge in [-0.05, 0) is 21.0 Å². The molecule has 4 heteroatoms. The lowest BCUT2D eigenvalue weighted by Gasteiger charge is -2.29. The lowest BCUT2D eigenvalue weighted by atomic mass is 10.2. The lowest BCUT2D eigenvalue weighted by Crippen LogP contribution is -2.57. The highest BCUT2D eigenvalue weighted by molar-refractivity contribution is 5.79. The number of likely N-dealkylation sites (N-methyl/N-ethyl adjacent to an activating group) is 1. The molecule has 0 aromatic heterocycles. The zero-order chi connectivity index (χ0) is 9.78. The second-order valence-corrected chi connectivity index (χ2v) is 2.93. The molecule has 0 saturated carbocycles. The van der Waals surface area contributed by atoms with Gasteiger partial charge in [0.15, 0.2) is 5.66 Å². The quantitative estimate of drug-likeness (QED) is 0.367. The second kappa shape index (κ2) is 4.23. The molecule has 0 amide bonds. The van der Waals surface area contributed by atoms with Crippen LogP contribution in [0.25, 0.3) is 0 Å². The van der Waals surface area contributed by atoms with E-state index in [0.717, 1.165) is 0 Å². The minimum Gasteiger partial charge on any atom is -0.459 e. The normalized spacial score (nSPS) is 15.4. The number of rotatable bonds is 4. The Morgan fingerprint density at radius 2 is 2.25 bits per heavy atom. The van der Waals surface area contributed by atoms with Gasteiger partial charge in [-0.3, -0.25) is 4.90 Å². The minimum atomic E-state index is -1.07. The molecule has 1 unspecified atom stereocenters. The third-order valence-corrected chi connectivity index (χ3v) is 1.67. The molecule has 0 saturated heterocycles. The first-order chi connectivity index (χ1) is 5.42. The monoisotopic (exact) mass is 172 g/mol. The number of esters is 1. The second-order valence-electron chi connectivity index (χ2n) is 2.93. The number of nitrogens with two attached hydrogens (primary N) is 1. The van der Waals surface area contributed by atoms with Gasteiger partial charge in [0.25, 0.3) is 0 Å². The summed E-state index contributed by atoms with van der Waals surface area (Å²) < 4.78 is 4.79. The molecule has 0 rings (SSSR count). The van der Waals surface area contributed by atoms with E-state index in [1.807, 2.05) is 0 Å². The molecular formula is C8H16N2O2. The zero-order valence-electron chi connectivity index (χ0n) is 7.83. The Bertz CT molecular complexity index is 176. The van der Waals surface area contributed by atoms with E-state index in [1.165, 1.54) is 6.08 Å². The molecule has 0 aliphatic rings. The Labute approximate surface area is 73.0 Å². The highest BCUT2D eigenvalue weighted by Crippen LogP contribution is 2.04. The standard InChI is InChI=1S/C8H16N2O2/c1-5-6-12-7(11)8(2,9)10(3)4/h5H,1,6,9H2,2-4H3. The van der Waals surface area contributed by atoms with Gasteiger partial charge in [-0.1, -0.05) is 12.7 Å². The van der Waals surface area contributed by atoms with Crippen LogP contribution in [0.15, 0.2) is 12.7 Å². The van der Waals surface area contributed by atoms with Gasteiger partial charge in [0, 0.05) is 0 Å². The van der Waals surface area contributed by atoms with Crippen molar-refractivity contribution in [3.05, 3.63) is 12.7 Å². The fourth-order valence-corrected chi connectivity index (χ4v) is 0.463. The van der Waals surface area contributed by atoms with E-state index in [-0.39, 0.29) is 6.61 Å². The van der Waals surface area contributed by atoms with Crippen molar-refractivity contribution >= 4 is 5.97 Å². The van der Waals surface area contributed by atoms with Crippen molar-refractivity contribution in [2.75, 3.05) is 20.7 Å². The van der Waals surface area contributed by atoms with Crippen LogP contribution >= 0.6 is 0 Å². The summed E-state index contributed by atoms with van der Waals surface area (Å²) in [6.07, 6.45) is 1.50. The van der Waals surface area contributed by atoms with E-state index in [9.17, 15) is 4.79 Å². The Hall–Kier alpha value is -0.870. The van der Waals surface area contributed by atoms with Crippen molar-refractivity contribution in [3.63, 3.8) is 0 Å². The lowest BCUT2D eigenvalue weighted by molar-refractivity contribution is -0.154. The predicted molar refractivity (Wildman–Crippen MR) is 47.4 cm³/mol. The number of ether oxygens (including phenoxy) is 1. The summed E-state index contributed by atoms with van der Waals surface area (Å²) in [6.45, 7) is 5.22. The number of carbonyl (C=O) groups excluding carboxylic acids is 1. The van der Waals surface area contributed by atoms with Crippen molar-refractivity contribution in [2.45, 2.75) is 12.6 Å². The van der Waals surface area contributed by atoms with Crippen molar-refractivity contribution in [1.29, 1.82) is 0 Å². The molecule has 0 spiro atoms. The number of nitrogens with zero attached hydrogens (tertiary/aromatic N) is 1. The average molecular weight is 172 g/mol. The topological polar surface area (TPSA) is 55.6 Å². The van der Waals surface area contributed by atoms with E-state index in [1.54, 1.807) is 25.9 Å². The predicted octanol–water partition coefficient (Wildman–Crippen LogP) is -0.0479. The van der Waals surface area contributed by atoms with E-state index in [2.05, 4.69) is 6.58 Å². The van der Waals surface area contributed by atoms with Gasteiger partial charge in [0.2, 0.25) is 0 Å². The average Bonchev–Trinajstić information content (AvgIpc) is 1.99. The van der Waals surface area contributed by atoms with Gasteiger partial charge < -0.3 is 10.5 Å². The summed E-state index contributed by atoms with van der Waals surface area (Å²) in [4.78, 5) is 12.8. The molecule has 1 atom stereocenters. The van der Waals surface area contributed by atoms with E-state index >= 15 is 0 Å². The molecule has 2 N–H and O–H groups in total. The van der Waals surface area contributed by atoms with Gasteiger partial charge >= 0.3 is 5.97 Å². The third kappa shape index (κ3) is 2.64. The van der Waals surface area contributed by atoms with Crippen LogP contribution in [0.5, 0.6) is 0 Å². The number of carbonyl (C=O) groups is 1. The fourth-order valence-electron chi connectivity index (χ4n) is 0.463. The molecule has 0 bridgehead atoms. The van der Waals surface area contributed by atoms with Crippen LogP contribution in [0.2, 0.25) is 0 Å². The molecular weight excluding hydrogens is 156 g/mol. The fraction of sp³-hybridized carbons (Fsp3) is 0.625. The Morgan fingerprint density at radius 1 is 1.75 bits per heavy atom. The van der Waals surface area contributed by atoms with Crippen LogP contribution < -0.4 is 5.73 Å². The van der Waals surface area contributed by atoms with Gasteiger partial charge in [-0.2, -0.15) is 0 Å². The smallest absolute Gasteiger partial charge is 0.341 e. The van der Waals surface area contributed by atoms with Crippen molar-refractivity contribution in [1.82, 2.24) is 4.90 Å². The summed E-state index contributed by atoms with van der Waals surface area (Å²) in [7, 11) is 3.43. The maximum absolute atomic E-state index is 11.2. The molecule has 0 radical (unpaired) electrons. The maximum Gasteiger partial charge on any atom is 0.341 e. The molecule has 4 nitrogen and oxygen atoms in total. The largest absolute Gasteiger partial charge is 0.459 e. The van der Waals surface area contributed by atoms with Crippen LogP contribution in [0, 0.1) is 0 Å².